The van der Waals surface area contributed by atoms with Crippen LogP contribution in [0.3, 0.4) is 0 Å². The van der Waals surface area contributed by atoms with Crippen LogP contribution in [0.1, 0.15) is 27.4 Å². The second-order valence-electron chi connectivity index (χ2n) is 7.69. The highest BCUT2D eigenvalue weighted by molar-refractivity contribution is 6.03. The zero-order valence-electron chi connectivity index (χ0n) is 17.8. The first kappa shape index (κ1) is 22.9. The zero-order valence-corrected chi connectivity index (χ0v) is 17.8. The Hall–Kier alpha value is -4.24. The van der Waals surface area contributed by atoms with Gasteiger partial charge in [0, 0.05) is 5.92 Å². The molecule has 9 heteroatoms. The number of hydrogen-bond acceptors (Lipinski definition) is 5. The van der Waals surface area contributed by atoms with Gasteiger partial charge in [-0.1, -0.05) is 48.5 Å². The number of anilines is 1. The molecule has 4 N–H and O–H groups in total. The molecule has 0 heterocycles. The molecule has 4 rings (SSSR count). The quantitative estimate of drug-likeness (QED) is 0.425. The maximum absolute atomic E-state index is 13.8. The lowest BCUT2D eigenvalue weighted by molar-refractivity contribution is -0.140. The number of carboxylic acids is 1. The van der Waals surface area contributed by atoms with Gasteiger partial charge in [-0.25, -0.2) is 14.0 Å². The Balaban J connectivity index is 1.48. The van der Waals surface area contributed by atoms with E-state index in [1.54, 1.807) is 0 Å². The first-order valence-electron chi connectivity index (χ1n) is 10.4. The summed E-state index contributed by atoms with van der Waals surface area (Å²) in [4.78, 5) is 36.1. The van der Waals surface area contributed by atoms with Crippen molar-refractivity contribution in [3.63, 3.8) is 0 Å². The van der Waals surface area contributed by atoms with Crippen LogP contribution in [0.2, 0.25) is 0 Å². The van der Waals surface area contributed by atoms with E-state index in [1.807, 2.05) is 48.5 Å². The van der Waals surface area contributed by atoms with Gasteiger partial charge in [0.25, 0.3) is 5.91 Å². The van der Waals surface area contributed by atoms with Crippen LogP contribution in [0.25, 0.3) is 11.1 Å². The number of carboxylic acid groups (broad SMARTS) is 1. The number of halogens is 1. The van der Waals surface area contributed by atoms with Crippen LogP contribution in [-0.4, -0.2) is 47.4 Å². The number of hydrogen-bond donors (Lipinski definition) is 4. The topological polar surface area (TPSA) is 125 Å². The predicted molar refractivity (Wildman–Crippen MR) is 121 cm³/mol. The summed E-state index contributed by atoms with van der Waals surface area (Å²) < 4.78 is 19.2. The van der Waals surface area contributed by atoms with Crippen molar-refractivity contribution in [2.75, 3.05) is 18.5 Å². The Morgan fingerprint density at radius 3 is 2.18 bits per heavy atom. The largest absolute Gasteiger partial charge is 0.480 e. The highest BCUT2D eigenvalue weighted by atomic mass is 19.1. The summed E-state index contributed by atoms with van der Waals surface area (Å²) in [5.41, 5.74) is 3.82. The van der Waals surface area contributed by atoms with Gasteiger partial charge in [-0.05, 0) is 40.5 Å². The van der Waals surface area contributed by atoms with Crippen LogP contribution in [0.4, 0.5) is 14.9 Å². The smallest absolute Gasteiger partial charge is 0.411 e. The van der Waals surface area contributed by atoms with Gasteiger partial charge >= 0.3 is 12.1 Å². The van der Waals surface area contributed by atoms with Gasteiger partial charge in [-0.2, -0.15) is 0 Å². The minimum absolute atomic E-state index is 0.0359. The molecule has 0 saturated heterocycles. The average Bonchev–Trinajstić information content (AvgIpc) is 3.15. The Bertz CT molecular complexity index is 1220. The Kier molecular flexibility index (Phi) is 6.55. The van der Waals surface area contributed by atoms with Crippen molar-refractivity contribution in [2.24, 2.45) is 0 Å². The zero-order chi connectivity index (χ0) is 24.2. The summed E-state index contributed by atoms with van der Waals surface area (Å²) in [7, 11) is 0. The molecular formula is C25H21FN2O6. The number of rotatable bonds is 7. The molecule has 174 valence electrons. The standard InChI is InChI=1S/C25H21FN2O6/c26-14-9-10-21(19(11-14)23(30)27-22(12-29)24(31)32)28-25(33)34-13-20-17-7-3-1-5-15(17)16-6-2-4-8-18(16)20/h1-11,20,22,29H,12-13H2,(H,27,30)(H,28,33)(H,31,32)/t22-/m0/s1. The highest BCUT2D eigenvalue weighted by Gasteiger charge is 2.29. The molecule has 0 aromatic heterocycles. The van der Waals surface area contributed by atoms with Crippen molar-refractivity contribution in [3.05, 3.63) is 89.2 Å². The van der Waals surface area contributed by atoms with E-state index >= 15 is 0 Å². The molecule has 0 fully saturated rings. The molecule has 1 aliphatic carbocycles. The van der Waals surface area contributed by atoms with E-state index in [2.05, 4.69) is 10.6 Å². The third-order valence-corrected chi connectivity index (χ3v) is 5.59. The number of nitrogens with one attached hydrogen (secondary N) is 2. The van der Waals surface area contributed by atoms with Crippen molar-refractivity contribution in [1.82, 2.24) is 5.32 Å². The number of benzene rings is 3. The van der Waals surface area contributed by atoms with Crippen LogP contribution in [0.15, 0.2) is 66.7 Å². The molecule has 8 nitrogen and oxygen atoms in total. The summed E-state index contributed by atoms with van der Waals surface area (Å²) in [5.74, 6) is -3.37. The molecule has 0 spiro atoms. The van der Waals surface area contributed by atoms with Crippen molar-refractivity contribution in [2.45, 2.75) is 12.0 Å². The SMILES string of the molecule is O=C(Nc1ccc(F)cc1C(=O)N[C@@H](CO)C(=O)O)OCC1c2ccccc2-c2ccccc21. The van der Waals surface area contributed by atoms with E-state index in [0.29, 0.717) is 0 Å². The van der Waals surface area contributed by atoms with Crippen molar-refractivity contribution >= 4 is 23.7 Å². The first-order valence-corrected chi connectivity index (χ1v) is 10.4. The van der Waals surface area contributed by atoms with Gasteiger partial charge in [0.2, 0.25) is 0 Å². The van der Waals surface area contributed by atoms with Crippen LogP contribution in [0, 0.1) is 5.82 Å². The third kappa shape index (κ3) is 4.60. The number of amides is 2. The van der Waals surface area contributed by atoms with Crippen LogP contribution >= 0.6 is 0 Å². The number of carbonyl (C=O) groups excluding carboxylic acids is 2. The second kappa shape index (κ2) is 9.72. The van der Waals surface area contributed by atoms with Gasteiger partial charge in [0.15, 0.2) is 6.04 Å². The Morgan fingerprint density at radius 2 is 1.59 bits per heavy atom. The van der Waals surface area contributed by atoms with E-state index < -0.39 is 36.4 Å². The number of ether oxygens (including phenoxy) is 1. The highest BCUT2D eigenvalue weighted by Crippen LogP contribution is 2.44. The summed E-state index contributed by atoms with van der Waals surface area (Å²) >= 11 is 0. The van der Waals surface area contributed by atoms with Gasteiger partial charge in [0.1, 0.15) is 12.4 Å². The number of aliphatic carboxylic acids is 1. The average molecular weight is 464 g/mol. The molecule has 0 bridgehead atoms. The summed E-state index contributed by atoms with van der Waals surface area (Å²) in [6, 6.07) is 17.2. The molecule has 2 amide bonds. The minimum atomic E-state index is -1.59. The van der Waals surface area contributed by atoms with Crippen molar-refractivity contribution < 1.29 is 33.7 Å². The first-order chi connectivity index (χ1) is 16.4. The molecule has 0 radical (unpaired) electrons. The molecular weight excluding hydrogens is 443 g/mol. The van der Waals surface area contributed by atoms with Crippen LogP contribution < -0.4 is 10.6 Å². The summed E-state index contributed by atoms with van der Waals surface area (Å²) in [6.07, 6.45) is -0.862. The number of fused-ring (bicyclic) bond motifs is 3. The van der Waals surface area contributed by atoms with Gasteiger partial charge in [-0.15, -0.1) is 0 Å². The van der Waals surface area contributed by atoms with E-state index in [-0.39, 0.29) is 23.8 Å². The molecule has 3 aromatic rings. The van der Waals surface area contributed by atoms with Crippen molar-refractivity contribution in [1.29, 1.82) is 0 Å². The van der Waals surface area contributed by atoms with E-state index in [9.17, 15) is 18.8 Å². The third-order valence-electron chi connectivity index (χ3n) is 5.59. The maximum Gasteiger partial charge on any atom is 0.411 e. The number of aliphatic hydroxyl groups is 1. The number of aliphatic hydroxyl groups excluding tert-OH is 1. The lowest BCUT2D eigenvalue weighted by Crippen LogP contribution is -2.43. The van der Waals surface area contributed by atoms with Gasteiger partial charge in [-0.3, -0.25) is 10.1 Å². The van der Waals surface area contributed by atoms with Crippen molar-refractivity contribution in [3.8, 4) is 11.1 Å². The van der Waals surface area contributed by atoms with Crippen LogP contribution in [-0.2, 0) is 9.53 Å². The molecule has 1 aliphatic rings. The fourth-order valence-electron chi connectivity index (χ4n) is 3.98. The molecule has 0 aliphatic heterocycles. The Morgan fingerprint density at radius 1 is 0.971 bits per heavy atom. The van der Waals surface area contributed by atoms with E-state index in [0.717, 1.165) is 34.4 Å². The lowest BCUT2D eigenvalue weighted by Gasteiger charge is -2.16. The fourth-order valence-corrected chi connectivity index (χ4v) is 3.98. The maximum atomic E-state index is 13.8. The fraction of sp³-hybridized carbons (Fsp3) is 0.160. The van der Waals surface area contributed by atoms with Gasteiger partial charge in [0.05, 0.1) is 17.9 Å². The minimum Gasteiger partial charge on any atom is -0.480 e. The van der Waals surface area contributed by atoms with E-state index in [1.165, 1.54) is 6.07 Å². The summed E-state index contributed by atoms with van der Waals surface area (Å²) in [6.45, 7) is -0.820. The molecule has 0 unspecified atom stereocenters. The van der Waals surface area contributed by atoms with Crippen LogP contribution in [0.5, 0.6) is 0 Å². The molecule has 0 saturated carbocycles. The Labute approximate surface area is 194 Å². The summed E-state index contributed by atoms with van der Waals surface area (Å²) in [5, 5.41) is 22.6. The number of carbonyl (C=O) groups is 3. The molecule has 3 aromatic carbocycles. The lowest BCUT2D eigenvalue weighted by atomic mass is 9.98. The normalized spacial score (nSPS) is 12.9. The predicted octanol–water partition coefficient (Wildman–Crippen LogP) is 3.36. The second-order valence-corrected chi connectivity index (χ2v) is 7.69. The van der Waals surface area contributed by atoms with Gasteiger partial charge < -0.3 is 20.3 Å². The monoisotopic (exact) mass is 464 g/mol. The van der Waals surface area contributed by atoms with E-state index in [4.69, 9.17) is 14.9 Å². The molecule has 1 atom stereocenters. The molecule has 34 heavy (non-hydrogen) atoms.